The van der Waals surface area contributed by atoms with E-state index in [9.17, 15) is 4.79 Å². The summed E-state index contributed by atoms with van der Waals surface area (Å²) in [7, 11) is 0. The molecule has 0 aliphatic heterocycles. The van der Waals surface area contributed by atoms with Gasteiger partial charge in [-0.05, 0) is 63.4 Å². The average Bonchev–Trinajstić information content (AvgIpc) is 2.63. The molecular weight excluding hydrogens is 434 g/mol. The summed E-state index contributed by atoms with van der Waals surface area (Å²) in [6.07, 6.45) is 1.61. The first-order chi connectivity index (χ1) is 7.65. The van der Waals surface area contributed by atoms with Gasteiger partial charge >= 0.3 is 5.69 Å². The molecule has 0 atom stereocenters. The third-order valence-corrected chi connectivity index (χ3v) is 3.44. The predicted molar refractivity (Wildman–Crippen MR) is 77.6 cm³/mol. The van der Waals surface area contributed by atoms with Crippen LogP contribution >= 0.6 is 45.2 Å². The minimum absolute atomic E-state index is 0.212. The summed E-state index contributed by atoms with van der Waals surface area (Å²) in [5, 5.41) is 0. The fourth-order valence-corrected chi connectivity index (χ4v) is 2.95. The van der Waals surface area contributed by atoms with Crippen LogP contribution in [0.25, 0.3) is 0 Å². The van der Waals surface area contributed by atoms with Crippen LogP contribution in [0, 0.1) is 7.14 Å². The van der Waals surface area contributed by atoms with Gasteiger partial charge in [-0.1, -0.05) is 0 Å². The highest BCUT2D eigenvalue weighted by Crippen LogP contribution is 2.23. The number of imidazole rings is 1. The van der Waals surface area contributed by atoms with Crippen LogP contribution in [0.3, 0.4) is 0 Å². The van der Waals surface area contributed by atoms with Gasteiger partial charge in [0.05, 0.1) is 9.26 Å². The van der Waals surface area contributed by atoms with Gasteiger partial charge in [0.1, 0.15) is 12.4 Å². The van der Waals surface area contributed by atoms with E-state index in [0.29, 0.717) is 6.61 Å². The Morgan fingerprint density at radius 1 is 1.31 bits per heavy atom. The third kappa shape index (κ3) is 3.00. The van der Waals surface area contributed by atoms with E-state index in [1.54, 1.807) is 6.20 Å². The highest BCUT2D eigenvalue weighted by Gasteiger charge is 2.02. The van der Waals surface area contributed by atoms with Gasteiger partial charge in [0.25, 0.3) is 0 Å². The minimum Gasteiger partial charge on any atom is -0.486 e. The molecule has 0 saturated heterocycles. The van der Waals surface area contributed by atoms with Crippen molar-refractivity contribution in [3.8, 4) is 5.75 Å². The summed E-state index contributed by atoms with van der Waals surface area (Å²) in [4.78, 5) is 16.0. The Bertz CT molecular complexity index is 548. The summed E-state index contributed by atoms with van der Waals surface area (Å²) in [5.41, 5.74) is 0.523. The highest BCUT2D eigenvalue weighted by atomic mass is 127. The van der Waals surface area contributed by atoms with E-state index < -0.39 is 0 Å². The lowest BCUT2D eigenvalue weighted by molar-refractivity contribution is 0.299. The lowest BCUT2D eigenvalue weighted by Crippen LogP contribution is -2.03. The Kier molecular flexibility index (Phi) is 3.90. The molecular formula is C10H8I2N2O2. The third-order valence-electron chi connectivity index (χ3n) is 1.93. The number of aromatic amines is 2. The Labute approximate surface area is 119 Å². The van der Waals surface area contributed by atoms with Crippen molar-refractivity contribution in [2.24, 2.45) is 0 Å². The summed E-state index contributed by atoms with van der Waals surface area (Å²) in [5.74, 6) is 0.822. The van der Waals surface area contributed by atoms with Crippen LogP contribution in [-0.4, -0.2) is 9.97 Å². The largest absolute Gasteiger partial charge is 0.486 e. The van der Waals surface area contributed by atoms with Gasteiger partial charge in [0, 0.05) is 9.77 Å². The molecule has 0 saturated carbocycles. The lowest BCUT2D eigenvalue weighted by Gasteiger charge is -2.06. The predicted octanol–water partition coefficient (Wildman–Crippen LogP) is 2.49. The molecule has 6 heteroatoms. The second-order valence-electron chi connectivity index (χ2n) is 3.13. The first kappa shape index (κ1) is 12.0. The smallest absolute Gasteiger partial charge is 0.323 e. The molecule has 2 N–H and O–H groups in total. The van der Waals surface area contributed by atoms with Crippen molar-refractivity contribution in [2.45, 2.75) is 6.61 Å². The fraction of sp³-hybridized carbons (Fsp3) is 0.100. The number of H-pyrrole nitrogens is 2. The fourth-order valence-electron chi connectivity index (χ4n) is 1.20. The van der Waals surface area contributed by atoms with Crippen molar-refractivity contribution in [3.05, 3.63) is 47.7 Å². The maximum Gasteiger partial charge on any atom is 0.323 e. The molecule has 0 aliphatic carbocycles. The van der Waals surface area contributed by atoms with Gasteiger partial charge in [-0.25, -0.2) is 4.79 Å². The van der Waals surface area contributed by atoms with Gasteiger partial charge < -0.3 is 14.7 Å². The normalized spacial score (nSPS) is 10.4. The summed E-state index contributed by atoms with van der Waals surface area (Å²) >= 11 is 4.48. The van der Waals surface area contributed by atoms with Crippen molar-refractivity contribution in [1.29, 1.82) is 0 Å². The first-order valence-corrected chi connectivity index (χ1v) is 6.65. The zero-order valence-corrected chi connectivity index (χ0v) is 12.4. The number of hydrogen-bond donors (Lipinski definition) is 2. The Morgan fingerprint density at radius 3 is 2.75 bits per heavy atom. The molecule has 0 aliphatic rings. The lowest BCUT2D eigenvalue weighted by atomic mass is 10.3. The number of benzene rings is 1. The second kappa shape index (κ2) is 5.21. The molecule has 0 bridgehead atoms. The molecule has 0 radical (unpaired) electrons. The van der Waals surface area contributed by atoms with Crippen molar-refractivity contribution < 1.29 is 4.74 Å². The number of halogens is 2. The van der Waals surface area contributed by atoms with E-state index in [0.717, 1.165) is 15.0 Å². The summed E-state index contributed by atoms with van der Waals surface area (Å²) in [6, 6.07) is 5.95. The molecule has 0 unspecified atom stereocenters. The number of aromatic nitrogens is 2. The van der Waals surface area contributed by atoms with E-state index in [-0.39, 0.29) is 5.69 Å². The van der Waals surface area contributed by atoms with Crippen molar-refractivity contribution in [1.82, 2.24) is 9.97 Å². The van der Waals surface area contributed by atoms with Crippen LogP contribution in [0.4, 0.5) is 0 Å². The summed E-state index contributed by atoms with van der Waals surface area (Å²) < 4.78 is 7.82. The number of ether oxygens (including phenoxy) is 1. The monoisotopic (exact) mass is 442 g/mol. The summed E-state index contributed by atoms with van der Waals surface area (Å²) in [6.45, 7) is 0.356. The quantitative estimate of drug-likeness (QED) is 0.719. The SMILES string of the molecule is O=c1[nH]cc(COc2ccc(I)cc2I)[nH]1. The molecule has 1 aromatic heterocycles. The maximum atomic E-state index is 10.8. The molecule has 1 aromatic carbocycles. The van der Waals surface area contributed by atoms with Gasteiger partial charge in [0.2, 0.25) is 0 Å². The van der Waals surface area contributed by atoms with E-state index >= 15 is 0 Å². The topological polar surface area (TPSA) is 57.9 Å². The molecule has 0 fully saturated rings. The standard InChI is InChI=1S/C10H8I2N2O2/c11-6-1-2-9(8(12)3-6)16-5-7-4-13-10(15)14-7/h1-4H,5H2,(H2,13,14,15). The maximum absolute atomic E-state index is 10.8. The average molecular weight is 442 g/mol. The van der Waals surface area contributed by atoms with Crippen LogP contribution in [-0.2, 0) is 6.61 Å². The molecule has 2 aromatic rings. The first-order valence-electron chi connectivity index (χ1n) is 4.49. The molecule has 0 amide bonds. The van der Waals surface area contributed by atoms with Crippen LogP contribution in [0.5, 0.6) is 5.75 Å². The van der Waals surface area contributed by atoms with Gasteiger partial charge in [-0.3, -0.25) is 0 Å². The van der Waals surface area contributed by atoms with Gasteiger partial charge in [-0.15, -0.1) is 0 Å². The van der Waals surface area contributed by atoms with E-state index in [2.05, 4.69) is 55.1 Å². The Balaban J connectivity index is 2.07. The number of rotatable bonds is 3. The van der Waals surface area contributed by atoms with Gasteiger partial charge in [-0.2, -0.15) is 0 Å². The second-order valence-corrected chi connectivity index (χ2v) is 5.54. The van der Waals surface area contributed by atoms with Gasteiger partial charge in [0.15, 0.2) is 0 Å². The van der Waals surface area contributed by atoms with Crippen LogP contribution in [0.2, 0.25) is 0 Å². The zero-order valence-electron chi connectivity index (χ0n) is 8.09. The van der Waals surface area contributed by atoms with Crippen molar-refractivity contribution >= 4 is 45.2 Å². The van der Waals surface area contributed by atoms with Crippen LogP contribution in [0.1, 0.15) is 5.69 Å². The molecule has 84 valence electrons. The minimum atomic E-state index is -0.212. The van der Waals surface area contributed by atoms with E-state index in [1.807, 2.05) is 18.2 Å². The molecule has 1 heterocycles. The van der Waals surface area contributed by atoms with Crippen molar-refractivity contribution in [3.63, 3.8) is 0 Å². The Morgan fingerprint density at radius 2 is 2.12 bits per heavy atom. The Hall–Kier alpha value is -0.510. The van der Waals surface area contributed by atoms with Crippen molar-refractivity contribution in [2.75, 3.05) is 0 Å². The van der Waals surface area contributed by atoms with E-state index in [4.69, 9.17) is 4.74 Å². The zero-order chi connectivity index (χ0) is 11.5. The highest BCUT2D eigenvalue weighted by molar-refractivity contribution is 14.1. The molecule has 2 rings (SSSR count). The molecule has 4 nitrogen and oxygen atoms in total. The molecule has 16 heavy (non-hydrogen) atoms. The number of nitrogens with one attached hydrogen (secondary N) is 2. The number of hydrogen-bond acceptors (Lipinski definition) is 2. The van der Waals surface area contributed by atoms with Crippen LogP contribution < -0.4 is 10.4 Å². The molecule has 0 spiro atoms. The van der Waals surface area contributed by atoms with E-state index in [1.165, 1.54) is 3.57 Å². The van der Waals surface area contributed by atoms with Crippen LogP contribution in [0.15, 0.2) is 29.2 Å².